The van der Waals surface area contributed by atoms with Gasteiger partial charge in [0.2, 0.25) is 5.91 Å². The first-order valence-electron chi connectivity index (χ1n) is 6.46. The van der Waals surface area contributed by atoms with Crippen molar-refractivity contribution in [1.29, 1.82) is 0 Å². The molecule has 0 radical (unpaired) electrons. The van der Waals surface area contributed by atoms with Crippen LogP contribution in [0.4, 0.5) is 0 Å². The van der Waals surface area contributed by atoms with Crippen molar-refractivity contribution in [1.82, 2.24) is 5.32 Å². The topological polar surface area (TPSA) is 55.4 Å². The largest absolute Gasteiger partial charge is 0.496 e. The van der Waals surface area contributed by atoms with Crippen LogP contribution in [0.15, 0.2) is 53.4 Å². The van der Waals surface area contributed by atoms with Gasteiger partial charge in [-0.3, -0.25) is 14.9 Å². The Bertz CT molecular complexity index is 691. The maximum atomic E-state index is 12.1. The third kappa shape index (κ3) is 4.26. The first-order chi connectivity index (χ1) is 10.6. The maximum absolute atomic E-state index is 12.1. The number of thioether (sulfide) groups is 1. The zero-order valence-electron chi connectivity index (χ0n) is 11.8. The van der Waals surface area contributed by atoms with Gasteiger partial charge in [0.05, 0.1) is 23.4 Å². The Morgan fingerprint density at radius 1 is 1.14 bits per heavy atom. The minimum absolute atomic E-state index is 0.102. The van der Waals surface area contributed by atoms with Gasteiger partial charge in [-0.2, -0.15) is 0 Å². The average Bonchev–Trinajstić information content (AvgIpc) is 2.54. The molecule has 22 heavy (non-hydrogen) atoms. The second-order valence-corrected chi connectivity index (χ2v) is 5.72. The molecule has 4 nitrogen and oxygen atoms in total. The molecule has 0 atom stereocenters. The van der Waals surface area contributed by atoms with Gasteiger partial charge in [0.1, 0.15) is 5.75 Å². The van der Waals surface area contributed by atoms with E-state index in [0.29, 0.717) is 16.3 Å². The van der Waals surface area contributed by atoms with E-state index in [0.717, 1.165) is 4.90 Å². The van der Waals surface area contributed by atoms with Gasteiger partial charge in [-0.05, 0) is 24.3 Å². The van der Waals surface area contributed by atoms with Gasteiger partial charge in [0.25, 0.3) is 5.91 Å². The molecule has 0 bridgehead atoms. The summed E-state index contributed by atoms with van der Waals surface area (Å²) < 4.78 is 5.10. The molecule has 0 aliphatic rings. The number of hydrogen-bond donors (Lipinski definition) is 1. The van der Waals surface area contributed by atoms with Gasteiger partial charge < -0.3 is 4.74 Å². The normalized spacial score (nSPS) is 10.1. The number of carbonyl (C=O) groups is 2. The van der Waals surface area contributed by atoms with E-state index in [9.17, 15) is 9.59 Å². The summed E-state index contributed by atoms with van der Waals surface area (Å²) in [6.45, 7) is 0. The number of benzene rings is 2. The summed E-state index contributed by atoms with van der Waals surface area (Å²) in [5, 5.41) is 2.92. The van der Waals surface area contributed by atoms with Gasteiger partial charge >= 0.3 is 0 Å². The van der Waals surface area contributed by atoms with Gasteiger partial charge in [-0.1, -0.05) is 35.9 Å². The number of halogens is 1. The van der Waals surface area contributed by atoms with E-state index < -0.39 is 5.91 Å². The third-order valence-corrected chi connectivity index (χ3v) is 4.32. The number of carbonyl (C=O) groups excluding carboxylic acids is 2. The molecule has 1 N–H and O–H groups in total. The third-order valence-electron chi connectivity index (χ3n) is 2.80. The van der Waals surface area contributed by atoms with Gasteiger partial charge in [0, 0.05) is 4.90 Å². The van der Waals surface area contributed by atoms with Crippen LogP contribution >= 0.6 is 23.4 Å². The summed E-state index contributed by atoms with van der Waals surface area (Å²) in [7, 11) is 1.47. The molecule has 0 saturated carbocycles. The first kappa shape index (κ1) is 16.4. The van der Waals surface area contributed by atoms with Gasteiger partial charge in [-0.25, -0.2) is 0 Å². The lowest BCUT2D eigenvalue weighted by Gasteiger charge is -2.08. The summed E-state index contributed by atoms with van der Waals surface area (Å²) in [6.07, 6.45) is 0. The Balaban J connectivity index is 1.94. The lowest BCUT2D eigenvalue weighted by Crippen LogP contribution is -2.32. The Kier molecular flexibility index (Phi) is 5.86. The highest BCUT2D eigenvalue weighted by Crippen LogP contribution is 2.26. The van der Waals surface area contributed by atoms with Gasteiger partial charge in [0.15, 0.2) is 0 Å². The summed E-state index contributed by atoms with van der Waals surface area (Å²) in [4.78, 5) is 24.7. The molecular weight excluding hydrogens is 322 g/mol. The van der Waals surface area contributed by atoms with Crippen molar-refractivity contribution in [3.8, 4) is 5.75 Å². The molecule has 114 valence electrons. The number of imide groups is 1. The molecule has 2 aromatic rings. The van der Waals surface area contributed by atoms with Crippen LogP contribution in [0.3, 0.4) is 0 Å². The highest BCUT2D eigenvalue weighted by Gasteiger charge is 2.15. The fraction of sp³-hybridized carbons (Fsp3) is 0.125. The fourth-order valence-electron chi connectivity index (χ4n) is 1.77. The van der Waals surface area contributed by atoms with Crippen LogP contribution in [-0.4, -0.2) is 24.7 Å². The van der Waals surface area contributed by atoms with E-state index in [1.165, 1.54) is 18.9 Å². The predicted molar refractivity (Wildman–Crippen MR) is 87.6 cm³/mol. The molecular formula is C16H14ClNO3S. The van der Waals surface area contributed by atoms with Crippen molar-refractivity contribution in [3.63, 3.8) is 0 Å². The molecule has 2 amide bonds. The number of nitrogens with one attached hydrogen (secondary N) is 1. The number of methoxy groups -OCH3 is 1. The standard InChI is InChI=1S/C16H14ClNO3S/c1-21-13-8-4-2-6-11(13)16(20)18-15(19)10-22-14-9-5-3-7-12(14)17/h2-9H,10H2,1H3,(H,18,19,20). The van der Waals surface area contributed by atoms with E-state index in [2.05, 4.69) is 5.32 Å². The number of hydrogen-bond acceptors (Lipinski definition) is 4. The van der Waals surface area contributed by atoms with E-state index >= 15 is 0 Å². The van der Waals surface area contributed by atoms with Gasteiger partial charge in [-0.15, -0.1) is 11.8 Å². The van der Waals surface area contributed by atoms with Crippen LogP contribution in [0.25, 0.3) is 0 Å². The smallest absolute Gasteiger partial charge is 0.261 e. The van der Waals surface area contributed by atoms with E-state index in [1.54, 1.807) is 30.3 Å². The van der Waals surface area contributed by atoms with Crippen LogP contribution in [0.2, 0.25) is 5.02 Å². The van der Waals surface area contributed by atoms with Crippen molar-refractivity contribution in [2.45, 2.75) is 4.90 Å². The molecule has 6 heteroatoms. The molecule has 0 spiro atoms. The summed E-state index contributed by atoms with van der Waals surface area (Å²) in [6, 6.07) is 14.0. The number of para-hydroxylation sites is 1. The number of rotatable bonds is 5. The van der Waals surface area contributed by atoms with Crippen LogP contribution in [0.1, 0.15) is 10.4 Å². The van der Waals surface area contributed by atoms with Crippen molar-refractivity contribution < 1.29 is 14.3 Å². The SMILES string of the molecule is COc1ccccc1C(=O)NC(=O)CSc1ccccc1Cl. The summed E-state index contributed by atoms with van der Waals surface area (Å²) >= 11 is 7.29. The van der Waals surface area contributed by atoms with E-state index in [4.69, 9.17) is 16.3 Å². The predicted octanol–water partition coefficient (Wildman–Crippen LogP) is 3.40. The maximum Gasteiger partial charge on any atom is 0.261 e. The monoisotopic (exact) mass is 335 g/mol. The molecule has 0 heterocycles. The Hall–Kier alpha value is -1.98. The highest BCUT2D eigenvalue weighted by atomic mass is 35.5. The lowest BCUT2D eigenvalue weighted by atomic mass is 10.2. The molecule has 2 rings (SSSR count). The van der Waals surface area contributed by atoms with Crippen LogP contribution in [0, 0.1) is 0 Å². The zero-order chi connectivity index (χ0) is 15.9. The van der Waals surface area contributed by atoms with Crippen molar-refractivity contribution in [2.75, 3.05) is 12.9 Å². The Morgan fingerprint density at radius 2 is 1.82 bits per heavy atom. The van der Waals surface area contributed by atoms with Crippen LogP contribution in [-0.2, 0) is 4.79 Å². The summed E-state index contributed by atoms with van der Waals surface area (Å²) in [5.74, 6) is -0.348. The van der Waals surface area contributed by atoms with E-state index in [-0.39, 0.29) is 11.7 Å². The molecule has 0 aliphatic heterocycles. The minimum atomic E-state index is -0.484. The second-order valence-electron chi connectivity index (χ2n) is 4.30. The number of ether oxygens (including phenoxy) is 1. The molecule has 0 fully saturated rings. The highest BCUT2D eigenvalue weighted by molar-refractivity contribution is 8.00. The lowest BCUT2D eigenvalue weighted by molar-refractivity contribution is -0.117. The number of amides is 2. The fourth-order valence-corrected chi connectivity index (χ4v) is 2.81. The van der Waals surface area contributed by atoms with Crippen LogP contribution < -0.4 is 10.1 Å². The quantitative estimate of drug-likeness (QED) is 0.851. The first-order valence-corrected chi connectivity index (χ1v) is 7.82. The van der Waals surface area contributed by atoms with Crippen molar-refractivity contribution in [3.05, 3.63) is 59.1 Å². The molecule has 0 aromatic heterocycles. The van der Waals surface area contributed by atoms with E-state index in [1.807, 2.05) is 18.2 Å². The molecule has 2 aromatic carbocycles. The zero-order valence-corrected chi connectivity index (χ0v) is 13.4. The Morgan fingerprint density at radius 3 is 2.55 bits per heavy atom. The summed E-state index contributed by atoms with van der Waals surface area (Å²) in [5.41, 5.74) is 0.320. The second kappa shape index (κ2) is 7.87. The Labute approximate surface area is 137 Å². The minimum Gasteiger partial charge on any atom is -0.496 e. The van der Waals surface area contributed by atoms with Crippen molar-refractivity contribution >= 4 is 35.2 Å². The van der Waals surface area contributed by atoms with Crippen LogP contribution in [0.5, 0.6) is 5.75 Å². The molecule has 0 saturated heterocycles. The molecule has 0 unspecified atom stereocenters. The molecule has 0 aliphatic carbocycles. The van der Waals surface area contributed by atoms with Crippen molar-refractivity contribution in [2.24, 2.45) is 0 Å². The average molecular weight is 336 g/mol.